The van der Waals surface area contributed by atoms with E-state index in [1.165, 1.54) is 11.2 Å². The fourth-order valence-electron chi connectivity index (χ4n) is 3.17. The van der Waals surface area contributed by atoms with E-state index in [9.17, 15) is 14.4 Å². The first-order valence-corrected chi connectivity index (χ1v) is 9.07. The molecule has 28 heavy (non-hydrogen) atoms. The molecule has 3 rings (SSSR count). The summed E-state index contributed by atoms with van der Waals surface area (Å²) in [6.07, 6.45) is 8.97. The van der Waals surface area contributed by atoms with Crippen LogP contribution in [0.5, 0.6) is 0 Å². The molecule has 0 bridgehead atoms. The topological polar surface area (TPSA) is 91.7 Å². The summed E-state index contributed by atoms with van der Waals surface area (Å²) in [5.74, 6) is 1.65. The molecule has 0 spiro atoms. The summed E-state index contributed by atoms with van der Waals surface area (Å²) in [6, 6.07) is 9.46. The molecular weight excluding hydrogens is 358 g/mol. The molecule has 2 N–H and O–H groups in total. The van der Waals surface area contributed by atoms with Gasteiger partial charge in [-0.25, -0.2) is 0 Å². The standard InChI is InChI=1S/C21H21N3O4/c1-2-15-7-5-8-16(13-15)23-19(25)14-22-20(26)17-9-3-4-11-24(17)21(27)18-10-6-12-28-18/h1,5-8,10,12-13,17H,3-4,9,11,14H2,(H,22,26)(H,23,25)/t17-/m0/s1. The average molecular weight is 379 g/mol. The van der Waals surface area contributed by atoms with E-state index in [0.29, 0.717) is 24.2 Å². The molecule has 1 aliphatic rings. The maximum Gasteiger partial charge on any atom is 0.290 e. The lowest BCUT2D eigenvalue weighted by molar-refractivity contribution is -0.128. The fraction of sp³-hybridized carbons (Fsp3) is 0.286. The maximum absolute atomic E-state index is 12.6. The molecule has 2 aromatic rings. The van der Waals surface area contributed by atoms with Gasteiger partial charge in [0.2, 0.25) is 11.8 Å². The van der Waals surface area contributed by atoms with E-state index in [-0.39, 0.29) is 30.0 Å². The molecule has 0 saturated carbocycles. The Bertz CT molecular complexity index is 899. The zero-order chi connectivity index (χ0) is 19.9. The summed E-state index contributed by atoms with van der Waals surface area (Å²) >= 11 is 0. The normalized spacial score (nSPS) is 16.1. The van der Waals surface area contributed by atoms with Crippen molar-refractivity contribution in [2.75, 3.05) is 18.4 Å². The quantitative estimate of drug-likeness (QED) is 0.778. The highest BCUT2D eigenvalue weighted by atomic mass is 16.3. The molecule has 1 atom stereocenters. The Morgan fingerprint density at radius 3 is 2.82 bits per heavy atom. The molecule has 1 saturated heterocycles. The number of amides is 3. The van der Waals surface area contributed by atoms with Crippen molar-refractivity contribution in [1.82, 2.24) is 10.2 Å². The number of furan rings is 1. The molecule has 7 heteroatoms. The summed E-state index contributed by atoms with van der Waals surface area (Å²) in [4.78, 5) is 38.8. The minimum Gasteiger partial charge on any atom is -0.459 e. The Balaban J connectivity index is 1.57. The van der Waals surface area contributed by atoms with E-state index < -0.39 is 6.04 Å². The van der Waals surface area contributed by atoms with Gasteiger partial charge in [0.1, 0.15) is 6.04 Å². The van der Waals surface area contributed by atoms with Crippen molar-refractivity contribution in [3.63, 3.8) is 0 Å². The van der Waals surface area contributed by atoms with Crippen LogP contribution in [-0.4, -0.2) is 41.8 Å². The van der Waals surface area contributed by atoms with Gasteiger partial charge in [0.05, 0.1) is 12.8 Å². The number of nitrogens with zero attached hydrogens (tertiary/aromatic N) is 1. The minimum atomic E-state index is -0.621. The monoisotopic (exact) mass is 379 g/mol. The zero-order valence-corrected chi connectivity index (χ0v) is 15.3. The van der Waals surface area contributed by atoms with Crippen LogP contribution < -0.4 is 10.6 Å². The van der Waals surface area contributed by atoms with Gasteiger partial charge in [0, 0.05) is 17.8 Å². The van der Waals surface area contributed by atoms with E-state index in [1.54, 1.807) is 36.4 Å². The van der Waals surface area contributed by atoms with Crippen LogP contribution in [0.2, 0.25) is 0 Å². The lowest BCUT2D eigenvalue weighted by Gasteiger charge is -2.34. The van der Waals surface area contributed by atoms with Gasteiger partial charge in [-0.2, -0.15) is 0 Å². The van der Waals surface area contributed by atoms with E-state index in [1.807, 2.05) is 0 Å². The summed E-state index contributed by atoms with van der Waals surface area (Å²) in [6.45, 7) is 0.279. The third-order valence-corrected chi connectivity index (χ3v) is 4.53. The van der Waals surface area contributed by atoms with Gasteiger partial charge >= 0.3 is 0 Å². The molecule has 7 nitrogen and oxygen atoms in total. The molecule has 1 aromatic carbocycles. The number of carbonyl (C=O) groups is 3. The number of nitrogens with one attached hydrogen (secondary N) is 2. The van der Waals surface area contributed by atoms with Crippen LogP contribution in [0.25, 0.3) is 0 Å². The van der Waals surface area contributed by atoms with Crippen molar-refractivity contribution in [3.05, 3.63) is 54.0 Å². The number of anilines is 1. The molecule has 0 radical (unpaired) electrons. The largest absolute Gasteiger partial charge is 0.459 e. The number of benzene rings is 1. The Labute approximate surface area is 163 Å². The zero-order valence-electron chi connectivity index (χ0n) is 15.3. The van der Waals surface area contributed by atoms with Crippen LogP contribution in [0.4, 0.5) is 5.69 Å². The first-order valence-electron chi connectivity index (χ1n) is 9.07. The summed E-state index contributed by atoms with van der Waals surface area (Å²) in [7, 11) is 0. The molecule has 1 aliphatic heterocycles. The van der Waals surface area contributed by atoms with Crippen molar-refractivity contribution >= 4 is 23.4 Å². The Morgan fingerprint density at radius 2 is 2.07 bits per heavy atom. The predicted octanol–water partition coefficient (Wildman–Crippen LogP) is 2.01. The SMILES string of the molecule is C#Cc1cccc(NC(=O)CNC(=O)[C@@H]2CCCCN2C(=O)c2ccco2)c1. The van der Waals surface area contributed by atoms with Crippen LogP contribution >= 0.6 is 0 Å². The lowest BCUT2D eigenvalue weighted by atomic mass is 10.0. The van der Waals surface area contributed by atoms with Gasteiger partial charge in [-0.05, 0) is 49.6 Å². The van der Waals surface area contributed by atoms with Crippen molar-refractivity contribution in [2.45, 2.75) is 25.3 Å². The van der Waals surface area contributed by atoms with Gasteiger partial charge in [-0.15, -0.1) is 6.42 Å². The van der Waals surface area contributed by atoms with E-state index in [4.69, 9.17) is 10.8 Å². The van der Waals surface area contributed by atoms with Crippen LogP contribution in [0.15, 0.2) is 47.1 Å². The van der Waals surface area contributed by atoms with Gasteiger partial charge in [-0.1, -0.05) is 12.0 Å². The van der Waals surface area contributed by atoms with E-state index in [0.717, 1.165) is 12.8 Å². The number of rotatable bonds is 5. The third kappa shape index (κ3) is 4.60. The predicted molar refractivity (Wildman–Crippen MR) is 103 cm³/mol. The van der Waals surface area contributed by atoms with Gasteiger partial charge in [-0.3, -0.25) is 14.4 Å². The van der Waals surface area contributed by atoms with Gasteiger partial charge in [0.25, 0.3) is 5.91 Å². The fourth-order valence-corrected chi connectivity index (χ4v) is 3.17. The van der Waals surface area contributed by atoms with Crippen LogP contribution in [-0.2, 0) is 9.59 Å². The summed E-state index contributed by atoms with van der Waals surface area (Å²) < 4.78 is 5.16. The van der Waals surface area contributed by atoms with E-state index in [2.05, 4.69) is 16.6 Å². The highest BCUT2D eigenvalue weighted by Crippen LogP contribution is 2.20. The van der Waals surface area contributed by atoms with E-state index >= 15 is 0 Å². The molecule has 0 unspecified atom stereocenters. The smallest absolute Gasteiger partial charge is 0.290 e. The van der Waals surface area contributed by atoms with Crippen molar-refractivity contribution in [1.29, 1.82) is 0 Å². The Kier molecular flexibility index (Phi) is 6.12. The van der Waals surface area contributed by atoms with Crippen molar-refractivity contribution < 1.29 is 18.8 Å². The molecule has 1 aromatic heterocycles. The molecular formula is C21H21N3O4. The highest BCUT2D eigenvalue weighted by Gasteiger charge is 2.33. The molecule has 0 aliphatic carbocycles. The molecule has 144 valence electrons. The van der Waals surface area contributed by atoms with Crippen molar-refractivity contribution in [3.8, 4) is 12.3 Å². The molecule has 1 fully saturated rings. The number of terminal acetylenes is 1. The second-order valence-electron chi connectivity index (χ2n) is 6.48. The Hall–Kier alpha value is -3.53. The first-order chi connectivity index (χ1) is 13.6. The van der Waals surface area contributed by atoms with Crippen LogP contribution in [0.1, 0.15) is 35.4 Å². The number of carbonyl (C=O) groups excluding carboxylic acids is 3. The van der Waals surface area contributed by atoms with Gasteiger partial charge < -0.3 is 20.0 Å². The average Bonchev–Trinajstić information content (AvgIpc) is 3.26. The number of likely N-dealkylation sites (tertiary alicyclic amines) is 1. The minimum absolute atomic E-state index is 0.196. The summed E-state index contributed by atoms with van der Waals surface area (Å²) in [5, 5.41) is 5.30. The second-order valence-corrected chi connectivity index (χ2v) is 6.48. The number of hydrogen-bond acceptors (Lipinski definition) is 4. The first kappa shape index (κ1) is 19.2. The van der Waals surface area contributed by atoms with Crippen molar-refractivity contribution in [2.24, 2.45) is 0 Å². The number of piperidine rings is 1. The van der Waals surface area contributed by atoms with Gasteiger partial charge in [0.15, 0.2) is 5.76 Å². The molecule has 3 amide bonds. The van der Waals surface area contributed by atoms with Crippen LogP contribution in [0.3, 0.4) is 0 Å². The maximum atomic E-state index is 12.6. The second kappa shape index (κ2) is 8.91. The summed E-state index contributed by atoms with van der Waals surface area (Å²) in [5.41, 5.74) is 1.21. The Morgan fingerprint density at radius 1 is 1.21 bits per heavy atom. The molecule has 2 heterocycles. The highest BCUT2D eigenvalue weighted by molar-refractivity contribution is 5.98. The lowest BCUT2D eigenvalue weighted by Crippen LogP contribution is -2.52. The number of hydrogen-bond donors (Lipinski definition) is 2. The third-order valence-electron chi connectivity index (χ3n) is 4.53. The van der Waals surface area contributed by atoms with Crippen LogP contribution in [0, 0.1) is 12.3 Å².